The van der Waals surface area contributed by atoms with Gasteiger partial charge in [-0.25, -0.2) is 4.68 Å². The quantitative estimate of drug-likeness (QED) is 0.307. The van der Waals surface area contributed by atoms with Crippen LogP contribution in [0.4, 0.5) is 13.2 Å². The van der Waals surface area contributed by atoms with Gasteiger partial charge in [-0.05, 0) is 72.7 Å². The summed E-state index contributed by atoms with van der Waals surface area (Å²) in [5, 5.41) is 6.25. The Morgan fingerprint density at radius 2 is 1.67 bits per heavy atom. The molecular formula is C26H26F3N3O. The van der Waals surface area contributed by atoms with Crippen LogP contribution in [0.3, 0.4) is 0 Å². The SMILES string of the molecule is CCCN(C)Cc1ccc2cc(OCc3cc(C(F)(F)F)n(-c4ccccc4)n3)ccc2c1. The average molecular weight is 454 g/mol. The molecule has 0 spiro atoms. The molecular weight excluding hydrogens is 427 g/mol. The van der Waals surface area contributed by atoms with E-state index in [0.29, 0.717) is 11.4 Å². The van der Waals surface area contributed by atoms with Gasteiger partial charge < -0.3 is 9.64 Å². The first-order valence-electron chi connectivity index (χ1n) is 10.9. The summed E-state index contributed by atoms with van der Waals surface area (Å²) in [6.07, 6.45) is -3.41. The maximum atomic E-state index is 13.5. The van der Waals surface area contributed by atoms with Crippen LogP contribution in [-0.4, -0.2) is 28.3 Å². The highest BCUT2D eigenvalue weighted by atomic mass is 19.4. The van der Waals surface area contributed by atoms with Crippen molar-refractivity contribution < 1.29 is 17.9 Å². The Bertz CT molecular complexity index is 1220. The summed E-state index contributed by atoms with van der Waals surface area (Å²) < 4.78 is 47.3. The number of benzene rings is 3. The lowest BCUT2D eigenvalue weighted by molar-refractivity contribution is -0.142. The lowest BCUT2D eigenvalue weighted by Gasteiger charge is -2.16. The molecule has 0 fully saturated rings. The Morgan fingerprint density at radius 1 is 0.939 bits per heavy atom. The third kappa shape index (κ3) is 5.54. The molecule has 4 aromatic rings. The molecule has 0 aliphatic rings. The van der Waals surface area contributed by atoms with Crippen LogP contribution in [0, 0.1) is 0 Å². The minimum absolute atomic E-state index is 0.0612. The lowest BCUT2D eigenvalue weighted by Crippen LogP contribution is -2.18. The van der Waals surface area contributed by atoms with E-state index in [0.717, 1.165) is 41.0 Å². The van der Waals surface area contributed by atoms with E-state index in [9.17, 15) is 13.2 Å². The van der Waals surface area contributed by atoms with E-state index in [1.807, 2.05) is 24.3 Å². The average Bonchev–Trinajstić information content (AvgIpc) is 3.23. The molecule has 0 bridgehead atoms. The molecule has 0 saturated heterocycles. The zero-order chi connectivity index (χ0) is 23.4. The molecule has 1 aromatic heterocycles. The summed E-state index contributed by atoms with van der Waals surface area (Å²) >= 11 is 0. The molecule has 0 aliphatic carbocycles. The molecule has 0 unspecified atom stereocenters. The Labute approximate surface area is 191 Å². The smallest absolute Gasteiger partial charge is 0.433 e. The molecule has 33 heavy (non-hydrogen) atoms. The highest BCUT2D eigenvalue weighted by Crippen LogP contribution is 2.32. The maximum Gasteiger partial charge on any atom is 0.433 e. The number of hydrogen-bond donors (Lipinski definition) is 0. The van der Waals surface area contributed by atoms with Crippen LogP contribution in [0.1, 0.15) is 30.3 Å². The van der Waals surface area contributed by atoms with Gasteiger partial charge in [0.15, 0.2) is 0 Å². The number of aromatic nitrogens is 2. The Morgan fingerprint density at radius 3 is 2.39 bits per heavy atom. The number of alkyl halides is 3. The van der Waals surface area contributed by atoms with Crippen molar-refractivity contribution in [3.8, 4) is 11.4 Å². The zero-order valence-corrected chi connectivity index (χ0v) is 18.6. The summed E-state index contributed by atoms with van der Waals surface area (Å²) in [5.74, 6) is 0.584. The highest BCUT2D eigenvalue weighted by molar-refractivity contribution is 5.84. The summed E-state index contributed by atoms with van der Waals surface area (Å²) in [6.45, 7) is 4.03. The predicted molar refractivity (Wildman–Crippen MR) is 123 cm³/mol. The largest absolute Gasteiger partial charge is 0.487 e. The van der Waals surface area contributed by atoms with E-state index >= 15 is 0 Å². The minimum Gasteiger partial charge on any atom is -0.487 e. The number of para-hydroxylation sites is 1. The van der Waals surface area contributed by atoms with Crippen molar-refractivity contribution in [1.82, 2.24) is 14.7 Å². The first-order valence-corrected chi connectivity index (χ1v) is 10.9. The van der Waals surface area contributed by atoms with E-state index < -0.39 is 11.9 Å². The van der Waals surface area contributed by atoms with Crippen LogP contribution in [-0.2, 0) is 19.3 Å². The molecule has 0 aliphatic heterocycles. The monoisotopic (exact) mass is 453 g/mol. The molecule has 0 N–H and O–H groups in total. The number of hydrogen-bond acceptors (Lipinski definition) is 3. The topological polar surface area (TPSA) is 30.3 Å². The first-order chi connectivity index (χ1) is 15.8. The number of ether oxygens (including phenoxy) is 1. The van der Waals surface area contributed by atoms with Gasteiger partial charge in [0.05, 0.1) is 5.69 Å². The number of fused-ring (bicyclic) bond motifs is 1. The van der Waals surface area contributed by atoms with Crippen LogP contribution in [0.2, 0.25) is 0 Å². The third-order valence-electron chi connectivity index (χ3n) is 5.37. The van der Waals surface area contributed by atoms with Crippen LogP contribution in [0.5, 0.6) is 5.75 Å². The summed E-state index contributed by atoms with van der Waals surface area (Å²) in [7, 11) is 2.11. The van der Waals surface area contributed by atoms with E-state index in [1.54, 1.807) is 30.3 Å². The summed E-state index contributed by atoms with van der Waals surface area (Å²) in [6, 6.07) is 21.3. The van der Waals surface area contributed by atoms with Gasteiger partial charge in [0, 0.05) is 6.54 Å². The second-order valence-electron chi connectivity index (χ2n) is 8.14. The number of rotatable bonds is 8. The standard InChI is InChI=1S/C26H26F3N3O/c1-3-13-31(2)17-19-9-10-21-15-24(12-11-20(21)14-19)33-18-22-16-25(26(27,28)29)32(30-22)23-7-5-4-6-8-23/h4-12,14-16H,3,13,17-18H2,1-2H3. The number of halogens is 3. The van der Waals surface area contributed by atoms with E-state index in [4.69, 9.17) is 4.74 Å². The third-order valence-corrected chi connectivity index (χ3v) is 5.37. The molecule has 172 valence electrons. The van der Waals surface area contributed by atoms with Gasteiger partial charge in [-0.2, -0.15) is 18.3 Å². The Kier molecular flexibility index (Phi) is 6.70. The van der Waals surface area contributed by atoms with Crippen LogP contribution in [0.15, 0.2) is 72.8 Å². The van der Waals surface area contributed by atoms with Gasteiger partial charge in [0.25, 0.3) is 0 Å². The van der Waals surface area contributed by atoms with Gasteiger partial charge in [-0.15, -0.1) is 0 Å². The molecule has 3 aromatic carbocycles. The second-order valence-corrected chi connectivity index (χ2v) is 8.14. The summed E-state index contributed by atoms with van der Waals surface area (Å²) in [5.41, 5.74) is 0.965. The molecule has 1 heterocycles. The molecule has 0 saturated carbocycles. The molecule has 0 atom stereocenters. The zero-order valence-electron chi connectivity index (χ0n) is 18.6. The van der Waals surface area contributed by atoms with Gasteiger partial charge in [-0.3, -0.25) is 0 Å². The Balaban J connectivity index is 1.50. The van der Waals surface area contributed by atoms with Crippen molar-refractivity contribution in [2.75, 3.05) is 13.6 Å². The lowest BCUT2D eigenvalue weighted by atomic mass is 10.1. The summed E-state index contributed by atoms with van der Waals surface area (Å²) in [4.78, 5) is 2.28. The van der Waals surface area contributed by atoms with Gasteiger partial charge in [-0.1, -0.05) is 43.3 Å². The van der Waals surface area contributed by atoms with Crippen molar-refractivity contribution in [3.05, 3.63) is 89.7 Å². The molecule has 7 heteroatoms. The van der Waals surface area contributed by atoms with Crippen molar-refractivity contribution in [1.29, 1.82) is 0 Å². The van der Waals surface area contributed by atoms with E-state index in [1.165, 1.54) is 5.56 Å². The molecule has 0 radical (unpaired) electrons. The molecule has 4 nitrogen and oxygen atoms in total. The van der Waals surface area contributed by atoms with Crippen LogP contribution in [0.25, 0.3) is 16.5 Å². The minimum atomic E-state index is -4.52. The first kappa shape index (κ1) is 22.9. The Hall–Kier alpha value is -3.32. The van der Waals surface area contributed by atoms with Crippen LogP contribution >= 0.6 is 0 Å². The highest BCUT2D eigenvalue weighted by Gasteiger charge is 2.36. The molecule has 4 rings (SSSR count). The fraction of sp³-hybridized carbons (Fsp3) is 0.269. The second kappa shape index (κ2) is 9.67. The maximum absolute atomic E-state index is 13.5. The van der Waals surface area contributed by atoms with Crippen molar-refractivity contribution >= 4 is 10.8 Å². The van der Waals surface area contributed by atoms with Crippen molar-refractivity contribution in [3.63, 3.8) is 0 Å². The number of nitrogens with zero attached hydrogens (tertiary/aromatic N) is 3. The fourth-order valence-electron chi connectivity index (χ4n) is 3.86. The van der Waals surface area contributed by atoms with E-state index in [-0.39, 0.29) is 12.3 Å². The van der Waals surface area contributed by atoms with E-state index in [2.05, 4.69) is 36.1 Å². The normalized spacial score (nSPS) is 11.9. The van der Waals surface area contributed by atoms with Gasteiger partial charge in [0.2, 0.25) is 0 Å². The molecule has 0 amide bonds. The van der Waals surface area contributed by atoms with Crippen molar-refractivity contribution in [2.45, 2.75) is 32.7 Å². The van der Waals surface area contributed by atoms with Crippen molar-refractivity contribution in [2.24, 2.45) is 0 Å². The fourth-order valence-corrected chi connectivity index (χ4v) is 3.86. The van der Waals surface area contributed by atoms with Crippen LogP contribution < -0.4 is 4.74 Å². The van der Waals surface area contributed by atoms with Gasteiger partial charge in [0.1, 0.15) is 23.7 Å². The van der Waals surface area contributed by atoms with Gasteiger partial charge >= 0.3 is 6.18 Å². The predicted octanol–water partition coefficient (Wildman–Crippen LogP) is 6.47.